The number of hydrogen-bond acceptors (Lipinski definition) is 3. The van der Waals surface area contributed by atoms with Crippen LogP contribution in [0.15, 0.2) is 24.3 Å². The summed E-state index contributed by atoms with van der Waals surface area (Å²) in [6.07, 6.45) is 0.727. The molecule has 1 atom stereocenters. The SMILES string of the molecule is CCOc1cccc(CC(C#N)N(C)C)c1. The van der Waals surface area contributed by atoms with Crippen molar-refractivity contribution in [2.75, 3.05) is 20.7 Å². The Morgan fingerprint density at radius 1 is 1.44 bits per heavy atom. The summed E-state index contributed by atoms with van der Waals surface area (Å²) in [5, 5.41) is 9.01. The third-order valence-corrected chi connectivity index (χ3v) is 2.41. The molecule has 0 bridgehead atoms. The van der Waals surface area contributed by atoms with E-state index in [4.69, 9.17) is 10.00 Å². The predicted molar refractivity (Wildman–Crippen MR) is 64.4 cm³/mol. The minimum absolute atomic E-state index is 0.0862. The van der Waals surface area contributed by atoms with Gasteiger partial charge >= 0.3 is 0 Å². The molecule has 1 aromatic carbocycles. The summed E-state index contributed by atoms with van der Waals surface area (Å²) in [6, 6.07) is 10.1. The fraction of sp³-hybridized carbons (Fsp3) is 0.462. The fourth-order valence-corrected chi connectivity index (χ4v) is 1.50. The zero-order chi connectivity index (χ0) is 12.0. The highest BCUT2D eigenvalue weighted by molar-refractivity contribution is 5.29. The van der Waals surface area contributed by atoms with Gasteiger partial charge in [0.25, 0.3) is 0 Å². The Hall–Kier alpha value is -1.53. The molecule has 0 saturated carbocycles. The zero-order valence-corrected chi connectivity index (χ0v) is 10.1. The third-order valence-electron chi connectivity index (χ3n) is 2.41. The summed E-state index contributed by atoms with van der Waals surface area (Å²) in [5.74, 6) is 0.871. The third kappa shape index (κ3) is 3.56. The summed E-state index contributed by atoms with van der Waals surface area (Å²) < 4.78 is 5.43. The largest absolute Gasteiger partial charge is 0.494 e. The number of ether oxygens (including phenoxy) is 1. The molecule has 0 aliphatic carbocycles. The molecule has 0 aliphatic rings. The molecule has 1 unspecified atom stereocenters. The number of nitriles is 1. The Bertz CT molecular complexity index is 368. The van der Waals surface area contributed by atoms with Gasteiger partial charge in [-0.25, -0.2) is 0 Å². The molecule has 0 saturated heterocycles. The first-order valence-corrected chi connectivity index (χ1v) is 5.45. The van der Waals surface area contributed by atoms with E-state index in [1.807, 2.05) is 50.2 Å². The van der Waals surface area contributed by atoms with Gasteiger partial charge in [0.1, 0.15) is 11.8 Å². The van der Waals surface area contributed by atoms with E-state index < -0.39 is 0 Å². The molecule has 0 fully saturated rings. The summed E-state index contributed by atoms with van der Waals surface area (Å²) in [6.45, 7) is 2.63. The first-order chi connectivity index (χ1) is 7.67. The van der Waals surface area contributed by atoms with Crippen LogP contribution in [0.2, 0.25) is 0 Å². The highest BCUT2D eigenvalue weighted by atomic mass is 16.5. The standard InChI is InChI=1S/C13H18N2O/c1-4-16-13-7-5-6-11(9-13)8-12(10-14)15(2)3/h5-7,9,12H,4,8H2,1-3H3. The molecule has 0 aromatic heterocycles. The predicted octanol–water partition coefficient (Wildman–Crippen LogP) is 2.08. The van der Waals surface area contributed by atoms with Gasteiger partial charge in [-0.05, 0) is 38.7 Å². The molecule has 3 heteroatoms. The van der Waals surface area contributed by atoms with Crippen LogP contribution in [0.1, 0.15) is 12.5 Å². The van der Waals surface area contributed by atoms with Crippen molar-refractivity contribution in [3.63, 3.8) is 0 Å². The Morgan fingerprint density at radius 2 is 2.19 bits per heavy atom. The Kier molecular flexibility index (Phi) is 4.81. The second-order valence-electron chi connectivity index (χ2n) is 3.89. The minimum atomic E-state index is -0.0862. The summed E-state index contributed by atoms with van der Waals surface area (Å²) in [7, 11) is 3.83. The van der Waals surface area contributed by atoms with Gasteiger partial charge in [-0.1, -0.05) is 12.1 Å². The van der Waals surface area contributed by atoms with E-state index in [2.05, 4.69) is 6.07 Å². The van der Waals surface area contributed by atoms with Crippen molar-refractivity contribution < 1.29 is 4.74 Å². The Morgan fingerprint density at radius 3 is 2.75 bits per heavy atom. The van der Waals surface area contributed by atoms with Gasteiger partial charge in [0, 0.05) is 6.42 Å². The lowest BCUT2D eigenvalue weighted by atomic mass is 10.1. The maximum absolute atomic E-state index is 9.01. The van der Waals surface area contributed by atoms with Crippen LogP contribution < -0.4 is 4.74 Å². The first-order valence-electron chi connectivity index (χ1n) is 5.45. The van der Waals surface area contributed by atoms with E-state index in [1.165, 1.54) is 0 Å². The molecule has 0 N–H and O–H groups in total. The van der Waals surface area contributed by atoms with E-state index in [0.29, 0.717) is 6.61 Å². The van der Waals surface area contributed by atoms with E-state index >= 15 is 0 Å². The van der Waals surface area contributed by atoms with Crippen molar-refractivity contribution in [2.45, 2.75) is 19.4 Å². The van der Waals surface area contributed by atoms with Gasteiger partial charge < -0.3 is 4.74 Å². The van der Waals surface area contributed by atoms with Crippen molar-refractivity contribution in [2.24, 2.45) is 0 Å². The minimum Gasteiger partial charge on any atom is -0.494 e. The highest BCUT2D eigenvalue weighted by Crippen LogP contribution is 2.15. The van der Waals surface area contributed by atoms with Gasteiger partial charge in [0.2, 0.25) is 0 Å². The van der Waals surface area contributed by atoms with Crippen LogP contribution >= 0.6 is 0 Å². The van der Waals surface area contributed by atoms with E-state index in [-0.39, 0.29) is 6.04 Å². The lowest BCUT2D eigenvalue weighted by molar-refractivity contribution is 0.336. The number of hydrogen-bond donors (Lipinski definition) is 0. The van der Waals surface area contributed by atoms with Gasteiger partial charge in [-0.15, -0.1) is 0 Å². The van der Waals surface area contributed by atoms with Crippen molar-refractivity contribution in [3.05, 3.63) is 29.8 Å². The molecule has 86 valence electrons. The molecule has 0 radical (unpaired) electrons. The summed E-state index contributed by atoms with van der Waals surface area (Å²) in [4.78, 5) is 1.92. The normalized spacial score (nSPS) is 12.2. The van der Waals surface area contributed by atoms with E-state index in [0.717, 1.165) is 17.7 Å². The van der Waals surface area contributed by atoms with E-state index in [1.54, 1.807) is 0 Å². The van der Waals surface area contributed by atoms with Gasteiger partial charge in [0.15, 0.2) is 0 Å². The molecule has 0 amide bonds. The molecule has 0 spiro atoms. The highest BCUT2D eigenvalue weighted by Gasteiger charge is 2.10. The van der Waals surface area contributed by atoms with Gasteiger partial charge in [-0.3, -0.25) is 4.90 Å². The number of likely N-dealkylation sites (N-methyl/N-ethyl adjacent to an activating group) is 1. The quantitative estimate of drug-likeness (QED) is 0.759. The maximum atomic E-state index is 9.01. The first kappa shape index (κ1) is 12.5. The number of nitrogens with zero attached hydrogens (tertiary/aromatic N) is 2. The number of rotatable bonds is 5. The molecule has 3 nitrogen and oxygen atoms in total. The average Bonchev–Trinajstić information content (AvgIpc) is 2.26. The molecular weight excluding hydrogens is 200 g/mol. The van der Waals surface area contributed by atoms with Crippen molar-refractivity contribution >= 4 is 0 Å². The topological polar surface area (TPSA) is 36.3 Å². The lowest BCUT2D eigenvalue weighted by Gasteiger charge is -2.17. The second-order valence-corrected chi connectivity index (χ2v) is 3.89. The average molecular weight is 218 g/mol. The molecule has 1 rings (SSSR count). The molecule has 1 aromatic rings. The van der Waals surface area contributed by atoms with Crippen LogP contribution in [0.25, 0.3) is 0 Å². The molecule has 0 aliphatic heterocycles. The van der Waals surface area contributed by atoms with Gasteiger partial charge in [-0.2, -0.15) is 5.26 Å². The van der Waals surface area contributed by atoms with Crippen molar-refractivity contribution in [1.29, 1.82) is 5.26 Å². The molecule has 0 heterocycles. The van der Waals surface area contributed by atoms with Crippen LogP contribution in [-0.2, 0) is 6.42 Å². The van der Waals surface area contributed by atoms with Crippen LogP contribution in [0.3, 0.4) is 0 Å². The van der Waals surface area contributed by atoms with E-state index in [9.17, 15) is 0 Å². The van der Waals surface area contributed by atoms with Crippen molar-refractivity contribution in [3.8, 4) is 11.8 Å². The number of benzene rings is 1. The zero-order valence-electron chi connectivity index (χ0n) is 10.1. The van der Waals surface area contributed by atoms with Crippen LogP contribution in [0, 0.1) is 11.3 Å². The Labute approximate surface area is 97.3 Å². The van der Waals surface area contributed by atoms with Crippen LogP contribution in [0.4, 0.5) is 0 Å². The van der Waals surface area contributed by atoms with Gasteiger partial charge in [0.05, 0.1) is 12.7 Å². The molecular formula is C13H18N2O. The summed E-state index contributed by atoms with van der Waals surface area (Å²) in [5.41, 5.74) is 1.13. The Balaban J connectivity index is 2.73. The van der Waals surface area contributed by atoms with Crippen LogP contribution in [-0.4, -0.2) is 31.6 Å². The smallest absolute Gasteiger partial charge is 0.119 e. The second kappa shape index (κ2) is 6.14. The van der Waals surface area contributed by atoms with Crippen molar-refractivity contribution in [1.82, 2.24) is 4.90 Å². The molecule has 16 heavy (non-hydrogen) atoms. The fourth-order valence-electron chi connectivity index (χ4n) is 1.50. The maximum Gasteiger partial charge on any atom is 0.119 e. The summed E-state index contributed by atoms with van der Waals surface area (Å²) >= 11 is 0. The van der Waals surface area contributed by atoms with Crippen LogP contribution in [0.5, 0.6) is 5.75 Å². The lowest BCUT2D eigenvalue weighted by Crippen LogP contribution is -2.28. The monoisotopic (exact) mass is 218 g/mol.